The van der Waals surface area contributed by atoms with Gasteiger partial charge >= 0.3 is 11.4 Å². The third-order valence-corrected chi connectivity index (χ3v) is 2.72. The number of aromatic amines is 2. The zero-order chi connectivity index (χ0) is 15.6. The largest absolute Gasteiger partial charge is 0.490 e. The van der Waals surface area contributed by atoms with Gasteiger partial charge in [-0.2, -0.15) is 5.26 Å². The van der Waals surface area contributed by atoms with Gasteiger partial charge in [0.25, 0.3) is 5.56 Å². The summed E-state index contributed by atoms with van der Waals surface area (Å²) in [6, 6.07) is 5.48. The number of ether oxygens (including phenoxy) is 1. The second kappa shape index (κ2) is 5.30. The van der Waals surface area contributed by atoms with Crippen LogP contribution in [0.15, 0.2) is 27.8 Å². The average molecular weight is 288 g/mol. The van der Waals surface area contributed by atoms with Gasteiger partial charge in [-0.25, -0.2) is 4.79 Å². The lowest BCUT2D eigenvalue weighted by atomic mass is 10.1. The normalized spacial score (nSPS) is 9.90. The van der Waals surface area contributed by atoms with E-state index in [1.54, 1.807) is 6.07 Å². The first-order chi connectivity index (χ1) is 9.97. The first-order valence-electron chi connectivity index (χ1n) is 5.57. The molecule has 0 aliphatic rings. The van der Waals surface area contributed by atoms with Gasteiger partial charge in [0.2, 0.25) is 0 Å². The highest BCUT2D eigenvalue weighted by Gasteiger charge is 2.18. The van der Waals surface area contributed by atoms with E-state index in [1.165, 1.54) is 19.2 Å². The summed E-state index contributed by atoms with van der Waals surface area (Å²) in [5.74, 6) is 0.0226. The lowest BCUT2D eigenvalue weighted by Gasteiger charge is -2.06. The molecule has 0 radical (unpaired) electrons. The molecule has 0 atom stereocenters. The second-order valence-corrected chi connectivity index (χ2v) is 3.91. The van der Waals surface area contributed by atoms with Gasteiger partial charge in [0, 0.05) is 11.6 Å². The van der Waals surface area contributed by atoms with Crippen LogP contribution in [0, 0.1) is 21.4 Å². The number of nitro benzene ring substituents is 1. The van der Waals surface area contributed by atoms with Gasteiger partial charge in [0.05, 0.1) is 17.7 Å². The predicted octanol–water partition coefficient (Wildman–Crippen LogP) is 0.519. The van der Waals surface area contributed by atoms with Gasteiger partial charge < -0.3 is 9.72 Å². The molecular formula is C12H8N4O5. The Kier molecular flexibility index (Phi) is 3.53. The molecule has 1 heterocycles. The average Bonchev–Trinajstić information content (AvgIpc) is 2.45. The Bertz CT molecular complexity index is 874. The highest BCUT2D eigenvalue weighted by Crippen LogP contribution is 2.31. The van der Waals surface area contributed by atoms with Crippen molar-refractivity contribution in [2.24, 2.45) is 0 Å². The van der Waals surface area contributed by atoms with E-state index in [1.807, 2.05) is 4.98 Å². The quantitative estimate of drug-likeness (QED) is 0.622. The van der Waals surface area contributed by atoms with Crippen LogP contribution in [0.4, 0.5) is 5.69 Å². The fourth-order valence-corrected chi connectivity index (χ4v) is 1.80. The summed E-state index contributed by atoms with van der Waals surface area (Å²) in [5.41, 5.74) is -2.30. The van der Waals surface area contributed by atoms with Crippen LogP contribution in [0.1, 0.15) is 5.56 Å². The van der Waals surface area contributed by atoms with Crippen LogP contribution in [0.25, 0.3) is 11.3 Å². The fraction of sp³-hybridized carbons (Fsp3) is 0.0833. The van der Waals surface area contributed by atoms with Crippen molar-refractivity contribution in [2.75, 3.05) is 7.11 Å². The van der Waals surface area contributed by atoms with Gasteiger partial charge in [-0.15, -0.1) is 0 Å². The molecule has 0 fully saturated rings. The number of aromatic nitrogens is 2. The van der Waals surface area contributed by atoms with Crippen molar-refractivity contribution in [3.63, 3.8) is 0 Å². The van der Waals surface area contributed by atoms with Crippen LogP contribution < -0.4 is 16.0 Å². The molecule has 2 rings (SSSR count). The summed E-state index contributed by atoms with van der Waals surface area (Å²) in [7, 11) is 1.28. The molecule has 2 N–H and O–H groups in total. The minimum Gasteiger partial charge on any atom is -0.490 e. The van der Waals surface area contributed by atoms with E-state index < -0.39 is 16.2 Å². The highest BCUT2D eigenvalue weighted by molar-refractivity contribution is 5.70. The molecule has 2 aromatic rings. The maximum Gasteiger partial charge on any atom is 0.326 e. The van der Waals surface area contributed by atoms with Gasteiger partial charge in [0.1, 0.15) is 11.6 Å². The van der Waals surface area contributed by atoms with Gasteiger partial charge in [-0.1, -0.05) is 0 Å². The molecule has 1 aromatic carbocycles. The summed E-state index contributed by atoms with van der Waals surface area (Å²) in [4.78, 5) is 37.4. The topological polar surface area (TPSA) is 142 Å². The molecule has 106 valence electrons. The first kappa shape index (κ1) is 14.0. The van der Waals surface area contributed by atoms with Crippen molar-refractivity contribution in [2.45, 2.75) is 0 Å². The Morgan fingerprint density at radius 3 is 2.62 bits per heavy atom. The van der Waals surface area contributed by atoms with E-state index in [4.69, 9.17) is 10.00 Å². The molecule has 21 heavy (non-hydrogen) atoms. The van der Waals surface area contributed by atoms with Crippen molar-refractivity contribution in [1.29, 1.82) is 5.26 Å². The minimum atomic E-state index is -0.866. The van der Waals surface area contributed by atoms with E-state index in [0.717, 1.165) is 6.07 Å². The molecule has 0 saturated heterocycles. The van der Waals surface area contributed by atoms with Crippen LogP contribution in [0.2, 0.25) is 0 Å². The standard InChI is InChI=1S/C12H8N4O5/c1-21-9-3-2-6(4-8(9)16(19)20)10-7(5-13)11(17)15-12(18)14-10/h2-4H,1H3,(H2,14,15,17,18). The Hall–Kier alpha value is -3.41. The van der Waals surface area contributed by atoms with Crippen LogP contribution in [0.5, 0.6) is 5.75 Å². The first-order valence-corrected chi connectivity index (χ1v) is 5.57. The summed E-state index contributed by atoms with van der Waals surface area (Å²) in [6.45, 7) is 0. The summed E-state index contributed by atoms with van der Waals surface area (Å²) < 4.78 is 4.86. The van der Waals surface area contributed by atoms with Crippen molar-refractivity contribution in [3.05, 3.63) is 54.7 Å². The molecule has 0 aliphatic heterocycles. The third-order valence-electron chi connectivity index (χ3n) is 2.72. The maximum atomic E-state index is 11.6. The number of hydrogen-bond donors (Lipinski definition) is 2. The summed E-state index contributed by atoms with van der Waals surface area (Å²) >= 11 is 0. The smallest absolute Gasteiger partial charge is 0.326 e. The number of nitrogens with zero attached hydrogens (tertiary/aromatic N) is 2. The predicted molar refractivity (Wildman–Crippen MR) is 71.0 cm³/mol. The molecule has 0 spiro atoms. The SMILES string of the molecule is COc1ccc(-c2[nH]c(=O)[nH]c(=O)c2C#N)cc1[N+](=O)[O-]. The van der Waals surface area contributed by atoms with E-state index in [-0.39, 0.29) is 28.3 Å². The van der Waals surface area contributed by atoms with Crippen molar-refractivity contribution in [3.8, 4) is 23.1 Å². The molecule has 1 aromatic heterocycles. The number of nitriles is 1. The van der Waals surface area contributed by atoms with Crippen LogP contribution in [0.3, 0.4) is 0 Å². The van der Waals surface area contributed by atoms with Crippen LogP contribution in [-0.2, 0) is 0 Å². The zero-order valence-corrected chi connectivity index (χ0v) is 10.7. The maximum absolute atomic E-state index is 11.6. The Morgan fingerprint density at radius 2 is 2.05 bits per heavy atom. The second-order valence-electron chi connectivity index (χ2n) is 3.91. The molecule has 0 saturated carbocycles. The number of nitrogens with one attached hydrogen (secondary N) is 2. The minimum absolute atomic E-state index is 0.0226. The van der Waals surface area contributed by atoms with Gasteiger partial charge in [-0.3, -0.25) is 19.9 Å². The van der Waals surface area contributed by atoms with Crippen LogP contribution in [-0.4, -0.2) is 22.0 Å². The molecule has 0 amide bonds. The van der Waals surface area contributed by atoms with Crippen molar-refractivity contribution >= 4 is 5.69 Å². The van der Waals surface area contributed by atoms with E-state index in [9.17, 15) is 19.7 Å². The molecule has 0 bridgehead atoms. The van der Waals surface area contributed by atoms with Crippen molar-refractivity contribution in [1.82, 2.24) is 9.97 Å². The van der Waals surface area contributed by atoms with Crippen LogP contribution >= 0.6 is 0 Å². The number of benzene rings is 1. The number of nitro groups is 1. The molecule has 9 nitrogen and oxygen atoms in total. The fourth-order valence-electron chi connectivity index (χ4n) is 1.80. The summed E-state index contributed by atoms with van der Waals surface area (Å²) in [5, 5.41) is 20.0. The lowest BCUT2D eigenvalue weighted by molar-refractivity contribution is -0.385. The molecule has 0 unspecified atom stereocenters. The number of H-pyrrole nitrogens is 2. The third kappa shape index (κ3) is 2.50. The zero-order valence-electron chi connectivity index (χ0n) is 10.7. The number of hydrogen-bond acceptors (Lipinski definition) is 6. The Balaban J connectivity index is 2.77. The van der Waals surface area contributed by atoms with Gasteiger partial charge in [-0.05, 0) is 12.1 Å². The van der Waals surface area contributed by atoms with E-state index in [2.05, 4.69) is 4.98 Å². The lowest BCUT2D eigenvalue weighted by Crippen LogP contribution is -2.25. The van der Waals surface area contributed by atoms with E-state index >= 15 is 0 Å². The summed E-state index contributed by atoms with van der Waals surface area (Å²) in [6.07, 6.45) is 0. The molecular weight excluding hydrogens is 280 g/mol. The highest BCUT2D eigenvalue weighted by atomic mass is 16.6. The van der Waals surface area contributed by atoms with Crippen molar-refractivity contribution < 1.29 is 9.66 Å². The Morgan fingerprint density at radius 1 is 1.33 bits per heavy atom. The molecule has 9 heteroatoms. The molecule has 0 aliphatic carbocycles. The van der Waals surface area contributed by atoms with Gasteiger partial charge in [0.15, 0.2) is 5.75 Å². The number of rotatable bonds is 3. The van der Waals surface area contributed by atoms with E-state index in [0.29, 0.717) is 0 Å². The monoisotopic (exact) mass is 288 g/mol. The number of methoxy groups -OCH3 is 1. The Labute approximate surface area is 116 Å².